The van der Waals surface area contributed by atoms with Gasteiger partial charge in [0.15, 0.2) is 0 Å². The Balaban J connectivity index is 1.61. The van der Waals surface area contributed by atoms with Gasteiger partial charge in [-0.2, -0.15) is 0 Å². The molecule has 0 saturated heterocycles. The second-order valence-electron chi connectivity index (χ2n) is 10.6. The van der Waals surface area contributed by atoms with E-state index in [-0.39, 0.29) is 0 Å². The van der Waals surface area contributed by atoms with Gasteiger partial charge in [-0.25, -0.2) is 0 Å². The molecule has 36 heavy (non-hydrogen) atoms. The molecule has 1 N–H and O–H groups in total. The van der Waals surface area contributed by atoms with Crippen LogP contribution in [0.5, 0.6) is 5.75 Å². The van der Waals surface area contributed by atoms with Gasteiger partial charge in [0.1, 0.15) is 22.5 Å². The predicted octanol–water partition coefficient (Wildman–Crippen LogP) is 9.49. The number of benzene rings is 2. The first-order valence-electron chi connectivity index (χ1n) is 14.9. The van der Waals surface area contributed by atoms with E-state index in [1.807, 2.05) is 24.3 Å². The maximum Gasteiger partial charge on any atom is 0.146 e. The van der Waals surface area contributed by atoms with Gasteiger partial charge in [-0.3, -0.25) is 0 Å². The Morgan fingerprint density at radius 1 is 0.611 bits per heavy atom. The number of hydrogen-bond acceptors (Lipinski definition) is 3. The molecule has 0 fully saturated rings. The molecular formula is C32H49N3O. The Kier molecular flexibility index (Phi) is 12.9. The smallest absolute Gasteiger partial charge is 0.146 e. The molecule has 0 unspecified atom stereocenters. The molecule has 0 amide bonds. The highest BCUT2D eigenvalue weighted by atomic mass is 16.3. The van der Waals surface area contributed by atoms with Crippen LogP contribution in [0.4, 0.5) is 0 Å². The highest BCUT2D eigenvalue weighted by molar-refractivity contribution is 5.73. The molecule has 2 aromatic carbocycles. The SMILES string of the molecule is CCCCCCCCCCCc1cc(CCCCCCCCC)c(O)c(-n2nc3ccccc3n2)c1. The van der Waals surface area contributed by atoms with Gasteiger partial charge in [0, 0.05) is 0 Å². The first-order chi connectivity index (χ1) is 17.7. The van der Waals surface area contributed by atoms with Crippen molar-refractivity contribution in [2.45, 2.75) is 129 Å². The fraction of sp³-hybridized carbons (Fsp3) is 0.625. The van der Waals surface area contributed by atoms with E-state index in [4.69, 9.17) is 0 Å². The van der Waals surface area contributed by atoms with Crippen LogP contribution in [0.2, 0.25) is 0 Å². The van der Waals surface area contributed by atoms with Gasteiger partial charge < -0.3 is 5.11 Å². The van der Waals surface area contributed by atoms with E-state index in [1.54, 1.807) is 4.80 Å². The lowest BCUT2D eigenvalue weighted by molar-refractivity contribution is 0.458. The third-order valence-electron chi connectivity index (χ3n) is 7.35. The summed E-state index contributed by atoms with van der Waals surface area (Å²) >= 11 is 0. The number of hydrogen-bond donors (Lipinski definition) is 1. The minimum atomic E-state index is 0.345. The number of fused-ring (bicyclic) bond motifs is 1. The van der Waals surface area contributed by atoms with Crippen molar-refractivity contribution in [2.24, 2.45) is 0 Å². The molecule has 198 valence electrons. The summed E-state index contributed by atoms with van der Waals surface area (Å²) in [6.07, 6.45) is 22.9. The van der Waals surface area contributed by atoms with Crippen LogP contribution in [0.25, 0.3) is 16.7 Å². The van der Waals surface area contributed by atoms with Gasteiger partial charge >= 0.3 is 0 Å². The molecular weight excluding hydrogens is 442 g/mol. The average molecular weight is 492 g/mol. The molecule has 0 aliphatic carbocycles. The van der Waals surface area contributed by atoms with Gasteiger partial charge in [-0.15, -0.1) is 15.0 Å². The monoisotopic (exact) mass is 491 g/mol. The van der Waals surface area contributed by atoms with E-state index in [0.29, 0.717) is 5.75 Å². The number of aromatic hydroxyl groups is 1. The number of nitrogens with zero attached hydrogens (tertiary/aromatic N) is 3. The third kappa shape index (κ3) is 9.26. The second-order valence-corrected chi connectivity index (χ2v) is 10.6. The van der Waals surface area contributed by atoms with E-state index in [2.05, 4.69) is 36.2 Å². The van der Waals surface area contributed by atoms with Crippen LogP contribution in [-0.2, 0) is 12.8 Å². The van der Waals surface area contributed by atoms with E-state index in [1.165, 1.54) is 102 Å². The standard InChI is InChI=1S/C32H49N3O/c1-3-5-7-9-11-12-14-15-17-21-27-25-28(22-18-16-13-10-8-6-4-2)32(36)31(26-27)35-33-29-23-19-20-24-30(29)34-35/h19-20,23-26,36H,3-18,21-22H2,1-2H3. The summed E-state index contributed by atoms with van der Waals surface area (Å²) in [7, 11) is 0. The Labute approximate surface area is 219 Å². The molecule has 0 aliphatic heterocycles. The summed E-state index contributed by atoms with van der Waals surface area (Å²) in [5, 5.41) is 20.5. The van der Waals surface area contributed by atoms with Crippen LogP contribution in [0, 0.1) is 0 Å². The van der Waals surface area contributed by atoms with Crippen molar-refractivity contribution in [3.63, 3.8) is 0 Å². The van der Waals surface area contributed by atoms with Crippen molar-refractivity contribution in [2.75, 3.05) is 0 Å². The van der Waals surface area contributed by atoms with E-state index in [9.17, 15) is 5.11 Å². The van der Waals surface area contributed by atoms with Crippen molar-refractivity contribution in [3.8, 4) is 11.4 Å². The van der Waals surface area contributed by atoms with E-state index in [0.717, 1.165) is 41.5 Å². The lowest BCUT2D eigenvalue weighted by Crippen LogP contribution is -2.03. The zero-order valence-corrected chi connectivity index (χ0v) is 23.0. The lowest BCUT2D eigenvalue weighted by Gasteiger charge is -2.13. The summed E-state index contributed by atoms with van der Waals surface area (Å²) in [6, 6.07) is 12.3. The van der Waals surface area contributed by atoms with Gasteiger partial charge in [0.2, 0.25) is 0 Å². The van der Waals surface area contributed by atoms with Crippen LogP contribution in [0.3, 0.4) is 0 Å². The Morgan fingerprint density at radius 2 is 1.08 bits per heavy atom. The van der Waals surface area contributed by atoms with Crippen LogP contribution in [0.15, 0.2) is 36.4 Å². The van der Waals surface area contributed by atoms with Gasteiger partial charge in [0.25, 0.3) is 0 Å². The molecule has 4 heteroatoms. The van der Waals surface area contributed by atoms with Gasteiger partial charge in [-0.1, -0.05) is 122 Å². The van der Waals surface area contributed by atoms with Crippen LogP contribution in [0.1, 0.15) is 128 Å². The highest BCUT2D eigenvalue weighted by Crippen LogP contribution is 2.30. The Morgan fingerprint density at radius 3 is 1.61 bits per heavy atom. The number of unbranched alkanes of at least 4 members (excludes halogenated alkanes) is 14. The molecule has 1 heterocycles. The summed E-state index contributed by atoms with van der Waals surface area (Å²) in [5.74, 6) is 0.345. The Hall–Kier alpha value is -2.36. The number of phenols is 1. The van der Waals surface area contributed by atoms with Crippen molar-refractivity contribution in [3.05, 3.63) is 47.5 Å². The minimum Gasteiger partial charge on any atom is -0.505 e. The fourth-order valence-corrected chi connectivity index (χ4v) is 5.11. The summed E-state index contributed by atoms with van der Waals surface area (Å²) in [4.78, 5) is 1.63. The van der Waals surface area contributed by atoms with E-state index >= 15 is 0 Å². The zero-order valence-electron chi connectivity index (χ0n) is 23.0. The largest absolute Gasteiger partial charge is 0.505 e. The third-order valence-corrected chi connectivity index (χ3v) is 7.35. The molecule has 4 nitrogen and oxygen atoms in total. The molecule has 0 saturated carbocycles. The number of aryl methyl sites for hydroxylation is 2. The maximum absolute atomic E-state index is 11.2. The quantitative estimate of drug-likeness (QED) is 0.170. The molecule has 0 spiro atoms. The van der Waals surface area contributed by atoms with Gasteiger partial charge in [0.05, 0.1) is 0 Å². The summed E-state index contributed by atoms with van der Waals surface area (Å²) in [6.45, 7) is 4.54. The zero-order chi connectivity index (χ0) is 25.4. The van der Waals surface area contributed by atoms with Crippen molar-refractivity contribution in [1.29, 1.82) is 0 Å². The Bertz CT molecular complexity index is 977. The average Bonchev–Trinajstić information content (AvgIpc) is 3.32. The minimum absolute atomic E-state index is 0.345. The number of aromatic nitrogens is 3. The predicted molar refractivity (Wildman–Crippen MR) is 153 cm³/mol. The first kappa shape index (κ1) is 28.2. The molecule has 0 radical (unpaired) electrons. The molecule has 0 aliphatic rings. The summed E-state index contributed by atoms with van der Waals surface area (Å²) in [5.41, 5.74) is 4.78. The van der Waals surface area contributed by atoms with Crippen LogP contribution < -0.4 is 0 Å². The maximum atomic E-state index is 11.2. The van der Waals surface area contributed by atoms with E-state index < -0.39 is 0 Å². The second kappa shape index (κ2) is 16.4. The molecule has 3 rings (SSSR count). The lowest BCUT2D eigenvalue weighted by atomic mass is 9.98. The van der Waals surface area contributed by atoms with Crippen molar-refractivity contribution in [1.82, 2.24) is 15.0 Å². The van der Waals surface area contributed by atoms with Crippen molar-refractivity contribution < 1.29 is 5.11 Å². The molecule has 1 aromatic heterocycles. The molecule has 3 aromatic rings. The van der Waals surface area contributed by atoms with Gasteiger partial charge in [-0.05, 0) is 55.0 Å². The molecule has 0 bridgehead atoms. The van der Waals surface area contributed by atoms with Crippen LogP contribution in [-0.4, -0.2) is 20.1 Å². The molecule has 0 atom stereocenters. The highest BCUT2D eigenvalue weighted by Gasteiger charge is 2.15. The fourth-order valence-electron chi connectivity index (χ4n) is 5.11. The number of phenolic OH excluding ortho intramolecular Hbond substituents is 1. The topological polar surface area (TPSA) is 50.9 Å². The number of rotatable bonds is 19. The van der Waals surface area contributed by atoms with Crippen LogP contribution >= 0.6 is 0 Å². The normalized spacial score (nSPS) is 11.5. The first-order valence-corrected chi connectivity index (χ1v) is 14.9. The van der Waals surface area contributed by atoms with Crippen molar-refractivity contribution >= 4 is 11.0 Å². The summed E-state index contributed by atoms with van der Waals surface area (Å²) < 4.78 is 0.